The van der Waals surface area contributed by atoms with Crippen LogP contribution in [0.3, 0.4) is 0 Å². The van der Waals surface area contributed by atoms with E-state index in [4.69, 9.17) is 0 Å². The third kappa shape index (κ3) is 0.558. The van der Waals surface area contributed by atoms with Gasteiger partial charge in [0.25, 0.3) is 0 Å². The highest BCUT2D eigenvalue weighted by Crippen LogP contribution is 2.29. The number of nitrogens with zero attached hydrogens (tertiary/aromatic N) is 4. The van der Waals surface area contributed by atoms with E-state index in [1.165, 1.54) is 11.4 Å². The Morgan fingerprint density at radius 2 is 2.20 bits per heavy atom. The Morgan fingerprint density at radius 1 is 1.40 bits per heavy atom. The van der Waals surface area contributed by atoms with E-state index in [0.717, 1.165) is 13.0 Å². The third-order valence-corrected chi connectivity index (χ3v) is 1.91. The van der Waals surface area contributed by atoms with Gasteiger partial charge in [-0.05, 0) is 29.4 Å². The third-order valence-electron chi connectivity index (χ3n) is 1.91. The fourth-order valence-corrected chi connectivity index (χ4v) is 1.39. The van der Waals surface area contributed by atoms with Gasteiger partial charge in [0.05, 0.1) is 0 Å². The van der Waals surface area contributed by atoms with Gasteiger partial charge in [0, 0.05) is 13.6 Å². The second-order valence-corrected chi connectivity index (χ2v) is 2.68. The molecule has 2 heterocycles. The van der Waals surface area contributed by atoms with Gasteiger partial charge in [0.1, 0.15) is 5.82 Å². The predicted molar refractivity (Wildman–Crippen MR) is 36.6 cm³/mol. The van der Waals surface area contributed by atoms with Crippen molar-refractivity contribution in [2.24, 2.45) is 10.4 Å². The van der Waals surface area contributed by atoms with E-state index < -0.39 is 0 Å². The van der Waals surface area contributed by atoms with Gasteiger partial charge in [-0.15, -0.1) is 0 Å². The van der Waals surface area contributed by atoms with E-state index in [2.05, 4.69) is 17.4 Å². The molecule has 2 aliphatic rings. The molecule has 2 rings (SSSR count). The van der Waals surface area contributed by atoms with Crippen molar-refractivity contribution in [3.63, 3.8) is 0 Å². The van der Waals surface area contributed by atoms with Crippen molar-refractivity contribution in [2.45, 2.75) is 13.3 Å². The minimum Gasteiger partial charge on any atom is -0.231 e. The van der Waals surface area contributed by atoms with E-state index in [0.29, 0.717) is 0 Å². The minimum atomic E-state index is 0.995. The zero-order valence-electron chi connectivity index (χ0n) is 6.20. The molecule has 0 saturated heterocycles. The van der Waals surface area contributed by atoms with Crippen molar-refractivity contribution in [3.8, 4) is 0 Å². The summed E-state index contributed by atoms with van der Waals surface area (Å²) in [6, 6.07) is 0. The predicted octanol–water partition coefficient (Wildman–Crippen LogP) is 1.15. The summed E-state index contributed by atoms with van der Waals surface area (Å²) in [5, 5.41) is 11.6. The molecule has 0 saturated carbocycles. The first-order valence-electron chi connectivity index (χ1n) is 3.41. The van der Waals surface area contributed by atoms with Crippen LogP contribution < -0.4 is 0 Å². The minimum absolute atomic E-state index is 0.995. The Morgan fingerprint density at radius 3 is 2.90 bits per heavy atom. The molecule has 0 fully saturated rings. The molecule has 2 aliphatic heterocycles. The Bertz CT molecular complexity index is 218. The Hall–Kier alpha value is -1.06. The maximum absolute atomic E-state index is 3.96. The molecule has 0 aromatic rings. The van der Waals surface area contributed by atoms with E-state index in [-0.39, 0.29) is 0 Å². The number of hydrogen-bond acceptors (Lipinski definition) is 4. The van der Waals surface area contributed by atoms with Gasteiger partial charge in [0.15, 0.2) is 0 Å². The molecule has 0 aliphatic carbocycles. The lowest BCUT2D eigenvalue weighted by Crippen LogP contribution is -2.15. The number of hydrogen-bond donors (Lipinski definition) is 0. The van der Waals surface area contributed by atoms with Crippen molar-refractivity contribution < 1.29 is 0 Å². The Kier molecular flexibility index (Phi) is 0.977. The molecule has 0 aromatic carbocycles. The Balaban J connectivity index is 2.37. The van der Waals surface area contributed by atoms with Crippen molar-refractivity contribution >= 4 is 0 Å². The maximum atomic E-state index is 3.96. The summed E-state index contributed by atoms with van der Waals surface area (Å²) in [4.78, 5) is 0. The highest BCUT2D eigenvalue weighted by molar-refractivity contribution is 5.15. The molecular weight excluding hydrogens is 128 g/mol. The van der Waals surface area contributed by atoms with Crippen molar-refractivity contribution in [1.82, 2.24) is 10.0 Å². The molecule has 0 spiro atoms. The van der Waals surface area contributed by atoms with Gasteiger partial charge in [-0.2, -0.15) is 0 Å². The monoisotopic (exact) mass is 138 g/mol. The van der Waals surface area contributed by atoms with Gasteiger partial charge >= 0.3 is 0 Å². The van der Waals surface area contributed by atoms with Gasteiger partial charge in [-0.25, -0.2) is 10.0 Å². The van der Waals surface area contributed by atoms with Crippen molar-refractivity contribution in [1.29, 1.82) is 0 Å². The topological polar surface area (TPSA) is 31.2 Å². The zero-order valence-corrected chi connectivity index (χ0v) is 6.20. The van der Waals surface area contributed by atoms with Crippen LogP contribution in [0.5, 0.6) is 0 Å². The zero-order chi connectivity index (χ0) is 7.14. The summed E-state index contributed by atoms with van der Waals surface area (Å²) in [6.45, 7) is 3.12. The Labute approximate surface area is 59.8 Å². The van der Waals surface area contributed by atoms with Crippen molar-refractivity contribution in [3.05, 3.63) is 11.4 Å². The standard InChI is InChI=1S/C6H10N4/c1-5-3-4-10-6(5)9(2)7-8-10/h3-4H2,1-2H3. The quantitative estimate of drug-likeness (QED) is 0.502. The highest BCUT2D eigenvalue weighted by atomic mass is 15.8. The summed E-state index contributed by atoms with van der Waals surface area (Å²) in [5.41, 5.74) is 1.38. The smallest absolute Gasteiger partial charge is 0.147 e. The van der Waals surface area contributed by atoms with Crippen LogP contribution in [-0.2, 0) is 0 Å². The summed E-state index contributed by atoms with van der Waals surface area (Å²) < 4.78 is 0. The first-order valence-corrected chi connectivity index (χ1v) is 3.41. The lowest BCUT2D eigenvalue weighted by atomic mass is 10.3. The fourth-order valence-electron chi connectivity index (χ4n) is 1.39. The summed E-state index contributed by atoms with van der Waals surface area (Å²) in [7, 11) is 1.92. The average molecular weight is 138 g/mol. The number of fused-ring (bicyclic) bond motifs is 1. The maximum Gasteiger partial charge on any atom is 0.147 e. The van der Waals surface area contributed by atoms with Crippen LogP contribution >= 0.6 is 0 Å². The van der Waals surface area contributed by atoms with Crippen LogP contribution in [0.25, 0.3) is 0 Å². The lowest BCUT2D eigenvalue weighted by molar-refractivity contribution is 0.361. The first-order chi connectivity index (χ1) is 4.79. The van der Waals surface area contributed by atoms with Crippen LogP contribution in [0.15, 0.2) is 21.8 Å². The summed E-state index contributed by atoms with van der Waals surface area (Å²) in [6.07, 6.45) is 1.12. The molecule has 0 atom stereocenters. The second-order valence-electron chi connectivity index (χ2n) is 2.68. The van der Waals surface area contributed by atoms with Crippen LogP contribution in [0.2, 0.25) is 0 Å². The molecule has 4 heteroatoms. The van der Waals surface area contributed by atoms with Crippen LogP contribution in [0.4, 0.5) is 0 Å². The molecule has 0 bridgehead atoms. The molecule has 54 valence electrons. The van der Waals surface area contributed by atoms with Crippen molar-refractivity contribution in [2.75, 3.05) is 13.6 Å². The van der Waals surface area contributed by atoms with Crippen LogP contribution in [0, 0.1) is 0 Å². The molecule has 0 radical (unpaired) electrons. The van der Waals surface area contributed by atoms with Crippen LogP contribution in [0.1, 0.15) is 13.3 Å². The van der Waals surface area contributed by atoms with Gasteiger partial charge in [-0.1, -0.05) is 0 Å². The van der Waals surface area contributed by atoms with Gasteiger partial charge in [-0.3, -0.25) is 0 Å². The van der Waals surface area contributed by atoms with E-state index in [1.54, 1.807) is 0 Å². The molecule has 0 N–H and O–H groups in total. The first kappa shape index (κ1) is 5.70. The normalized spacial score (nSPS) is 23.0. The number of rotatable bonds is 0. The van der Waals surface area contributed by atoms with E-state index >= 15 is 0 Å². The SMILES string of the molecule is CC1=C2N(C)N=NN2CC1. The molecule has 10 heavy (non-hydrogen) atoms. The van der Waals surface area contributed by atoms with E-state index in [1.807, 2.05) is 17.1 Å². The lowest BCUT2D eigenvalue weighted by Gasteiger charge is -2.10. The molecule has 4 nitrogen and oxygen atoms in total. The van der Waals surface area contributed by atoms with Gasteiger partial charge in [0.2, 0.25) is 0 Å². The van der Waals surface area contributed by atoms with Crippen LogP contribution in [-0.4, -0.2) is 23.6 Å². The fraction of sp³-hybridized carbons (Fsp3) is 0.667. The molecule has 0 unspecified atom stereocenters. The summed E-state index contributed by atoms with van der Waals surface area (Å²) in [5.74, 6) is 1.17. The van der Waals surface area contributed by atoms with Gasteiger partial charge < -0.3 is 0 Å². The second kappa shape index (κ2) is 1.71. The summed E-state index contributed by atoms with van der Waals surface area (Å²) >= 11 is 0. The molecule has 0 aromatic heterocycles. The van der Waals surface area contributed by atoms with E-state index in [9.17, 15) is 0 Å². The molecular formula is C6H10N4. The highest BCUT2D eigenvalue weighted by Gasteiger charge is 2.27. The molecule has 0 amide bonds. The largest absolute Gasteiger partial charge is 0.231 e. The average Bonchev–Trinajstić information content (AvgIpc) is 2.40.